The molecule has 1 saturated heterocycles. The van der Waals surface area contributed by atoms with Crippen LogP contribution < -0.4 is 10.1 Å². The standard InChI is InChI=1S/C16H21F3N2O3/c1-15(2,3)24-14(22)21-9-8-20-13(10-21)11-4-6-12(7-5-11)23-16(17,18)19/h4-7,13,20H,8-10H2,1-3H3/t13-/m0/s1. The van der Waals surface area contributed by atoms with Gasteiger partial charge in [0.15, 0.2) is 0 Å². The summed E-state index contributed by atoms with van der Waals surface area (Å²) in [5.74, 6) is -0.272. The summed E-state index contributed by atoms with van der Waals surface area (Å²) in [6, 6.07) is 5.45. The first-order chi connectivity index (χ1) is 11.0. The number of hydrogen-bond acceptors (Lipinski definition) is 4. The van der Waals surface area contributed by atoms with Gasteiger partial charge in [-0.25, -0.2) is 4.79 Å². The predicted octanol–water partition coefficient (Wildman–Crippen LogP) is 3.47. The molecule has 1 aliphatic heterocycles. The van der Waals surface area contributed by atoms with Crippen LogP contribution in [0.15, 0.2) is 24.3 Å². The first kappa shape index (κ1) is 18.4. The van der Waals surface area contributed by atoms with Crippen LogP contribution >= 0.6 is 0 Å². The van der Waals surface area contributed by atoms with Gasteiger partial charge in [-0.2, -0.15) is 0 Å². The normalized spacial score (nSPS) is 19.1. The highest BCUT2D eigenvalue weighted by atomic mass is 19.4. The van der Waals surface area contributed by atoms with Crippen molar-refractivity contribution < 1.29 is 27.4 Å². The van der Waals surface area contributed by atoms with Crippen LogP contribution in [-0.2, 0) is 4.74 Å². The molecule has 0 aromatic heterocycles. The predicted molar refractivity (Wildman–Crippen MR) is 81.7 cm³/mol. The first-order valence-electron chi connectivity index (χ1n) is 7.60. The van der Waals surface area contributed by atoms with Crippen LogP contribution in [-0.4, -0.2) is 42.6 Å². The summed E-state index contributed by atoms with van der Waals surface area (Å²) in [5, 5.41) is 3.24. The number of nitrogens with zero attached hydrogens (tertiary/aromatic N) is 1. The quantitative estimate of drug-likeness (QED) is 0.891. The largest absolute Gasteiger partial charge is 0.573 e. The number of carbonyl (C=O) groups is 1. The van der Waals surface area contributed by atoms with Crippen LogP contribution in [0.5, 0.6) is 5.75 Å². The molecule has 1 N–H and O–H groups in total. The Bertz CT molecular complexity index is 567. The molecule has 134 valence electrons. The highest BCUT2D eigenvalue weighted by Gasteiger charge is 2.31. The van der Waals surface area contributed by atoms with Crippen molar-refractivity contribution in [2.45, 2.75) is 38.8 Å². The summed E-state index contributed by atoms with van der Waals surface area (Å²) in [5.41, 5.74) is 0.200. The average Bonchev–Trinajstić information content (AvgIpc) is 2.45. The fourth-order valence-electron chi connectivity index (χ4n) is 2.37. The smallest absolute Gasteiger partial charge is 0.444 e. The molecule has 5 nitrogen and oxygen atoms in total. The van der Waals surface area contributed by atoms with E-state index in [0.717, 1.165) is 5.56 Å². The molecule has 24 heavy (non-hydrogen) atoms. The lowest BCUT2D eigenvalue weighted by molar-refractivity contribution is -0.274. The lowest BCUT2D eigenvalue weighted by atomic mass is 10.0. The SMILES string of the molecule is CC(C)(C)OC(=O)N1CCN[C@H](c2ccc(OC(F)(F)F)cc2)C1. The number of hydrogen-bond donors (Lipinski definition) is 1. The lowest BCUT2D eigenvalue weighted by Gasteiger charge is -2.35. The van der Waals surface area contributed by atoms with Gasteiger partial charge in [-0.1, -0.05) is 12.1 Å². The Hall–Kier alpha value is -1.96. The summed E-state index contributed by atoms with van der Waals surface area (Å²) >= 11 is 0. The molecule has 8 heteroatoms. The van der Waals surface area contributed by atoms with Crippen molar-refractivity contribution in [2.24, 2.45) is 0 Å². The molecule has 1 aliphatic rings. The molecular formula is C16H21F3N2O3. The molecule has 0 bridgehead atoms. The monoisotopic (exact) mass is 346 g/mol. The third kappa shape index (κ3) is 5.59. The molecule has 1 atom stereocenters. The molecule has 1 amide bonds. The number of ether oxygens (including phenoxy) is 2. The fourth-order valence-corrected chi connectivity index (χ4v) is 2.37. The van der Waals surface area contributed by atoms with E-state index in [1.165, 1.54) is 12.1 Å². The Kier molecular flexibility index (Phi) is 5.27. The van der Waals surface area contributed by atoms with Gasteiger partial charge in [-0.05, 0) is 38.5 Å². The minimum Gasteiger partial charge on any atom is -0.444 e. The number of alkyl halides is 3. The van der Waals surface area contributed by atoms with Gasteiger partial charge in [-0.15, -0.1) is 13.2 Å². The van der Waals surface area contributed by atoms with Gasteiger partial charge in [0.25, 0.3) is 0 Å². The van der Waals surface area contributed by atoms with Gasteiger partial charge in [0, 0.05) is 19.6 Å². The summed E-state index contributed by atoms with van der Waals surface area (Å²) in [4.78, 5) is 13.7. The molecule has 0 saturated carbocycles. The second-order valence-electron chi connectivity index (χ2n) is 6.55. The second-order valence-corrected chi connectivity index (χ2v) is 6.55. The summed E-state index contributed by atoms with van der Waals surface area (Å²) in [6.07, 6.45) is -5.11. The van der Waals surface area contributed by atoms with Crippen LogP contribution in [0.25, 0.3) is 0 Å². The van der Waals surface area contributed by atoms with Crippen molar-refractivity contribution in [1.82, 2.24) is 10.2 Å². The minimum atomic E-state index is -4.71. The van der Waals surface area contributed by atoms with Crippen molar-refractivity contribution in [2.75, 3.05) is 19.6 Å². The number of halogens is 3. The highest BCUT2D eigenvalue weighted by molar-refractivity contribution is 5.68. The molecule has 2 rings (SSSR count). The van der Waals surface area contributed by atoms with E-state index in [9.17, 15) is 18.0 Å². The fraction of sp³-hybridized carbons (Fsp3) is 0.562. The number of amides is 1. The van der Waals surface area contributed by atoms with E-state index < -0.39 is 18.1 Å². The maximum absolute atomic E-state index is 12.2. The molecule has 0 spiro atoms. The Balaban J connectivity index is 2.00. The third-order valence-corrected chi connectivity index (χ3v) is 3.34. The highest BCUT2D eigenvalue weighted by Crippen LogP contribution is 2.25. The molecule has 1 aromatic carbocycles. The van der Waals surface area contributed by atoms with Gasteiger partial charge in [0.05, 0.1) is 6.04 Å². The van der Waals surface area contributed by atoms with E-state index in [0.29, 0.717) is 19.6 Å². The summed E-state index contributed by atoms with van der Waals surface area (Å²) in [7, 11) is 0. The minimum absolute atomic E-state index is 0.175. The van der Waals surface area contributed by atoms with Crippen molar-refractivity contribution in [3.05, 3.63) is 29.8 Å². The van der Waals surface area contributed by atoms with Gasteiger partial charge in [-0.3, -0.25) is 0 Å². The van der Waals surface area contributed by atoms with E-state index in [-0.39, 0.29) is 11.8 Å². The number of carbonyl (C=O) groups excluding carboxylic acids is 1. The van der Waals surface area contributed by atoms with Crippen LogP contribution in [0, 0.1) is 0 Å². The van der Waals surface area contributed by atoms with Crippen LogP contribution in [0.3, 0.4) is 0 Å². The van der Waals surface area contributed by atoms with Gasteiger partial charge in [0.1, 0.15) is 11.4 Å². The summed E-state index contributed by atoms with van der Waals surface area (Å²) < 4.78 is 45.7. The molecule has 0 radical (unpaired) electrons. The average molecular weight is 346 g/mol. The molecule has 1 heterocycles. The van der Waals surface area contributed by atoms with Crippen molar-refractivity contribution in [3.63, 3.8) is 0 Å². The summed E-state index contributed by atoms with van der Waals surface area (Å²) in [6.45, 7) is 6.86. The van der Waals surface area contributed by atoms with Gasteiger partial charge in [0.2, 0.25) is 0 Å². The van der Waals surface area contributed by atoms with E-state index in [2.05, 4.69) is 10.1 Å². The molecule has 1 fully saturated rings. The second kappa shape index (κ2) is 6.88. The van der Waals surface area contributed by atoms with Crippen LogP contribution in [0.2, 0.25) is 0 Å². The van der Waals surface area contributed by atoms with Gasteiger partial charge < -0.3 is 19.7 Å². The molecule has 1 aromatic rings. The van der Waals surface area contributed by atoms with E-state index in [4.69, 9.17) is 4.74 Å². The van der Waals surface area contributed by atoms with E-state index in [1.807, 2.05) is 0 Å². The Morgan fingerprint density at radius 2 is 1.83 bits per heavy atom. The zero-order valence-corrected chi connectivity index (χ0v) is 13.8. The van der Waals surface area contributed by atoms with Crippen molar-refractivity contribution >= 4 is 6.09 Å². The zero-order chi connectivity index (χ0) is 18.0. The number of benzene rings is 1. The van der Waals surface area contributed by atoms with Crippen LogP contribution in [0.1, 0.15) is 32.4 Å². The Morgan fingerprint density at radius 1 is 1.21 bits per heavy atom. The van der Waals surface area contributed by atoms with Crippen molar-refractivity contribution in [3.8, 4) is 5.75 Å². The Morgan fingerprint density at radius 3 is 2.38 bits per heavy atom. The van der Waals surface area contributed by atoms with Gasteiger partial charge >= 0.3 is 12.5 Å². The van der Waals surface area contributed by atoms with Crippen molar-refractivity contribution in [1.29, 1.82) is 0 Å². The van der Waals surface area contributed by atoms with Crippen LogP contribution in [0.4, 0.5) is 18.0 Å². The third-order valence-electron chi connectivity index (χ3n) is 3.34. The first-order valence-corrected chi connectivity index (χ1v) is 7.60. The Labute approximate surface area is 138 Å². The van der Waals surface area contributed by atoms with E-state index >= 15 is 0 Å². The lowest BCUT2D eigenvalue weighted by Crippen LogP contribution is -2.49. The molecule has 0 unspecified atom stereocenters. The zero-order valence-electron chi connectivity index (χ0n) is 13.8. The maximum atomic E-state index is 12.2. The molecular weight excluding hydrogens is 325 g/mol. The number of piperazine rings is 1. The molecule has 0 aliphatic carbocycles. The maximum Gasteiger partial charge on any atom is 0.573 e. The number of rotatable bonds is 2. The number of nitrogens with one attached hydrogen (secondary N) is 1. The topological polar surface area (TPSA) is 50.8 Å². The van der Waals surface area contributed by atoms with E-state index in [1.54, 1.807) is 37.8 Å².